The molecule has 196 valence electrons. The number of carbonyl (C=O) groups is 2. The van der Waals surface area contributed by atoms with E-state index in [0.717, 1.165) is 29.6 Å². The largest absolute Gasteiger partial charge is 0.443 e. The molecule has 2 aliphatic rings. The van der Waals surface area contributed by atoms with Gasteiger partial charge in [0.1, 0.15) is 23.3 Å². The van der Waals surface area contributed by atoms with Gasteiger partial charge in [-0.25, -0.2) is 18.6 Å². The molecule has 2 aliphatic heterocycles. The van der Waals surface area contributed by atoms with Gasteiger partial charge in [-0.2, -0.15) is 0 Å². The highest BCUT2D eigenvalue weighted by atomic mass is 19.1. The van der Waals surface area contributed by atoms with E-state index in [2.05, 4.69) is 9.88 Å². The molecule has 2 amide bonds. The van der Waals surface area contributed by atoms with Crippen LogP contribution >= 0.6 is 0 Å². The van der Waals surface area contributed by atoms with Gasteiger partial charge in [-0.05, 0) is 37.5 Å². The van der Waals surface area contributed by atoms with Crippen molar-refractivity contribution in [3.05, 3.63) is 52.6 Å². The van der Waals surface area contributed by atoms with Crippen molar-refractivity contribution in [2.24, 2.45) is 16.9 Å². The molecule has 3 heterocycles. The van der Waals surface area contributed by atoms with E-state index in [9.17, 15) is 14.0 Å². The fourth-order valence-electron chi connectivity index (χ4n) is 5.70. The van der Waals surface area contributed by atoms with Crippen LogP contribution in [0.1, 0.15) is 74.7 Å². The first-order valence-electron chi connectivity index (χ1n) is 12.0. The molecule has 1 aromatic heterocycles. The molecule has 2 aromatic rings. The predicted octanol–water partition coefficient (Wildman–Crippen LogP) is 3.35. The van der Waals surface area contributed by atoms with Gasteiger partial charge in [0.2, 0.25) is 0 Å². The third kappa shape index (κ3) is 4.24. The summed E-state index contributed by atoms with van der Waals surface area (Å²) in [4.78, 5) is 30.4. The minimum Gasteiger partial charge on any atom is -0.443 e. The zero-order chi connectivity index (χ0) is 26.6. The monoisotopic (exact) mass is 505 g/mol. The lowest BCUT2D eigenvalue weighted by molar-refractivity contribution is -0.231. The number of aromatic nitrogens is 2. The van der Waals surface area contributed by atoms with E-state index in [0.29, 0.717) is 13.1 Å². The Hall–Kier alpha value is -3.05. The number of nitrogens with zero attached hydrogens (tertiary/aromatic N) is 3. The number of carbonyl (C=O) groups excluding carboxylic acids is 2. The van der Waals surface area contributed by atoms with Crippen molar-refractivity contribution in [1.29, 1.82) is 0 Å². The number of primary amides is 2. The molecular weight excluding hydrogens is 472 g/mol. The maximum Gasteiger partial charge on any atom is 0.404 e. The quantitative estimate of drug-likeness (QED) is 0.642. The molecule has 0 saturated carbocycles. The number of benzene rings is 1. The highest BCUT2D eigenvalue weighted by Gasteiger charge is 2.58. The molecular formula is C25H33F2N5O4. The van der Waals surface area contributed by atoms with Crippen LogP contribution in [0.4, 0.5) is 13.6 Å². The summed E-state index contributed by atoms with van der Waals surface area (Å²) < 4.78 is 43.2. The summed E-state index contributed by atoms with van der Waals surface area (Å²) in [5, 5.41) is 0. The van der Waals surface area contributed by atoms with Crippen LogP contribution in [0, 0.1) is 17.0 Å². The van der Waals surface area contributed by atoms with E-state index in [4.69, 9.17) is 20.9 Å². The predicted molar refractivity (Wildman–Crippen MR) is 127 cm³/mol. The van der Waals surface area contributed by atoms with Crippen molar-refractivity contribution >= 4 is 12.0 Å². The number of imidazole rings is 1. The number of ether oxygens (including phenoxy) is 2. The summed E-state index contributed by atoms with van der Waals surface area (Å²) in [5.74, 6) is -1.66. The lowest BCUT2D eigenvalue weighted by atomic mass is 9.66. The Labute approximate surface area is 208 Å². The molecule has 1 fully saturated rings. The topological polar surface area (TPSA) is 126 Å². The Bertz CT molecular complexity index is 1190. The number of halogens is 2. The summed E-state index contributed by atoms with van der Waals surface area (Å²) in [5.41, 5.74) is 10.3. The van der Waals surface area contributed by atoms with Crippen LogP contribution < -0.4 is 11.5 Å². The van der Waals surface area contributed by atoms with Gasteiger partial charge in [0.05, 0.1) is 18.0 Å². The molecule has 3 atom stereocenters. The summed E-state index contributed by atoms with van der Waals surface area (Å²) >= 11 is 0. The van der Waals surface area contributed by atoms with E-state index >= 15 is 4.39 Å². The smallest absolute Gasteiger partial charge is 0.404 e. The van der Waals surface area contributed by atoms with Crippen LogP contribution in [0.5, 0.6) is 0 Å². The first-order valence-corrected chi connectivity index (χ1v) is 12.0. The van der Waals surface area contributed by atoms with Gasteiger partial charge in [-0.15, -0.1) is 0 Å². The lowest BCUT2D eigenvalue weighted by Crippen LogP contribution is -2.61. The molecule has 0 bridgehead atoms. The number of hydrogen-bond acceptors (Lipinski definition) is 6. The van der Waals surface area contributed by atoms with Crippen molar-refractivity contribution in [2.75, 3.05) is 6.61 Å². The molecule has 0 unspecified atom stereocenters. The number of nitrogens with two attached hydrogens (primary N) is 2. The molecule has 0 aliphatic carbocycles. The van der Waals surface area contributed by atoms with Gasteiger partial charge >= 0.3 is 6.09 Å². The van der Waals surface area contributed by atoms with Crippen molar-refractivity contribution < 1.29 is 27.8 Å². The van der Waals surface area contributed by atoms with E-state index in [1.165, 1.54) is 0 Å². The van der Waals surface area contributed by atoms with Gasteiger partial charge in [-0.1, -0.05) is 20.8 Å². The van der Waals surface area contributed by atoms with Gasteiger partial charge in [-0.3, -0.25) is 9.69 Å². The van der Waals surface area contributed by atoms with Crippen molar-refractivity contribution in [3.63, 3.8) is 0 Å². The molecule has 36 heavy (non-hydrogen) atoms. The molecule has 1 saturated heterocycles. The van der Waals surface area contributed by atoms with E-state index in [1.807, 2.05) is 39.2 Å². The van der Waals surface area contributed by atoms with Crippen LogP contribution in [0.25, 0.3) is 0 Å². The third-order valence-corrected chi connectivity index (χ3v) is 7.20. The van der Waals surface area contributed by atoms with Gasteiger partial charge in [0.25, 0.3) is 5.91 Å². The fraction of sp³-hybridized carbons (Fsp3) is 0.560. The maximum absolute atomic E-state index is 15.1. The average molecular weight is 506 g/mol. The molecule has 0 spiro atoms. The van der Waals surface area contributed by atoms with Crippen LogP contribution in [0.15, 0.2) is 18.2 Å². The Morgan fingerprint density at radius 2 is 1.92 bits per heavy atom. The Kier molecular flexibility index (Phi) is 6.59. The number of hydrogen-bond donors (Lipinski definition) is 2. The van der Waals surface area contributed by atoms with Crippen molar-refractivity contribution in [1.82, 2.24) is 14.5 Å². The third-order valence-electron chi connectivity index (χ3n) is 7.20. The van der Waals surface area contributed by atoms with Gasteiger partial charge < -0.3 is 25.5 Å². The SMILES string of the molecule is CC(C)n1c(C(N)=O)nc2c1CN([C@H]1CO[C@@](c3cc(F)ccc3F)(C(C)(C)C)[C@@H](OC(N)=O)C1)C2. The Morgan fingerprint density at radius 1 is 1.22 bits per heavy atom. The average Bonchev–Trinajstić information content (AvgIpc) is 3.32. The first-order chi connectivity index (χ1) is 16.8. The van der Waals surface area contributed by atoms with Crippen LogP contribution in [0.3, 0.4) is 0 Å². The van der Waals surface area contributed by atoms with E-state index < -0.39 is 40.8 Å². The zero-order valence-electron chi connectivity index (χ0n) is 21.2. The summed E-state index contributed by atoms with van der Waals surface area (Å²) in [6.07, 6.45) is -1.75. The number of rotatable bonds is 5. The summed E-state index contributed by atoms with van der Waals surface area (Å²) in [7, 11) is 0. The van der Waals surface area contributed by atoms with Crippen molar-refractivity contribution in [2.45, 2.75) is 77.9 Å². The summed E-state index contributed by atoms with van der Waals surface area (Å²) in [6.45, 7) is 10.4. The summed E-state index contributed by atoms with van der Waals surface area (Å²) in [6, 6.07) is 2.89. The normalized spacial score (nSPS) is 24.7. The standard InChI is InChI=1S/C25H33F2N5O4/c1-13(2)32-19-11-31(10-18(19)30-22(32)21(28)33)15-9-20(36-23(29)34)25(35-12-15,24(3,4)5)16-8-14(26)6-7-17(16)27/h6-8,13,15,20H,9-12H2,1-5H3,(H2,28,33)(H2,29,34)/t15-,20+,25-/m1/s1. The van der Waals surface area contributed by atoms with Crippen LogP contribution in [-0.2, 0) is 28.2 Å². The number of fused-ring (bicyclic) bond motifs is 1. The Morgan fingerprint density at radius 3 is 2.50 bits per heavy atom. The second-order valence-corrected chi connectivity index (χ2v) is 10.8. The zero-order valence-corrected chi connectivity index (χ0v) is 21.2. The Balaban J connectivity index is 1.69. The van der Waals surface area contributed by atoms with E-state index in [-0.39, 0.29) is 36.5 Å². The van der Waals surface area contributed by atoms with Crippen LogP contribution in [-0.4, -0.2) is 45.2 Å². The molecule has 9 nitrogen and oxygen atoms in total. The number of amides is 2. The molecule has 4 rings (SSSR count). The van der Waals surface area contributed by atoms with Gasteiger partial charge in [0.15, 0.2) is 5.82 Å². The maximum atomic E-state index is 15.1. The van der Waals surface area contributed by atoms with Crippen LogP contribution in [0.2, 0.25) is 0 Å². The van der Waals surface area contributed by atoms with Gasteiger partial charge in [0, 0.05) is 37.2 Å². The molecule has 11 heteroatoms. The lowest BCUT2D eigenvalue weighted by Gasteiger charge is -2.53. The fourth-order valence-corrected chi connectivity index (χ4v) is 5.70. The molecule has 1 aromatic carbocycles. The highest BCUT2D eigenvalue weighted by Crippen LogP contribution is 2.51. The van der Waals surface area contributed by atoms with Crippen molar-refractivity contribution in [3.8, 4) is 0 Å². The molecule has 0 radical (unpaired) electrons. The van der Waals surface area contributed by atoms with E-state index in [1.54, 1.807) is 0 Å². The first kappa shape index (κ1) is 26.0. The second kappa shape index (κ2) is 9.11. The second-order valence-electron chi connectivity index (χ2n) is 10.8. The highest BCUT2D eigenvalue weighted by molar-refractivity contribution is 5.89. The minimum absolute atomic E-state index is 0.0246. The minimum atomic E-state index is -1.48. The molecule has 4 N–H and O–H groups in total.